The van der Waals surface area contributed by atoms with Gasteiger partial charge in [0.05, 0.1) is 6.10 Å². The summed E-state index contributed by atoms with van der Waals surface area (Å²) in [4.78, 5) is 0. The van der Waals surface area contributed by atoms with Crippen LogP contribution in [-0.4, -0.2) is 11.2 Å². The molecule has 4 aliphatic rings. The number of rotatable bonds is 2. The lowest BCUT2D eigenvalue weighted by Crippen LogP contribution is -2.30. The Bertz CT molecular complexity index is 735. The molecular formula is C21H22O. The minimum atomic E-state index is -0.199. The third-order valence-electron chi connectivity index (χ3n) is 7.42. The Labute approximate surface area is 132 Å². The SMILES string of the molecule is C[C@@]12C[C@H]3[C@@](C)([C@H]1O)[C@]3(c1ccccc1)[C@@H]2c1ccccc1. The van der Waals surface area contributed by atoms with Gasteiger partial charge in [0, 0.05) is 22.2 Å². The largest absolute Gasteiger partial charge is 0.392 e. The minimum Gasteiger partial charge on any atom is -0.392 e. The Morgan fingerprint density at radius 2 is 1.50 bits per heavy atom. The number of aliphatic hydroxyl groups excluding tert-OH is 1. The van der Waals surface area contributed by atoms with Crippen LogP contribution in [0.3, 0.4) is 0 Å². The van der Waals surface area contributed by atoms with E-state index in [1.165, 1.54) is 11.1 Å². The Kier molecular flexibility index (Phi) is 2.14. The molecule has 0 aliphatic heterocycles. The van der Waals surface area contributed by atoms with Gasteiger partial charge >= 0.3 is 0 Å². The van der Waals surface area contributed by atoms with Crippen LogP contribution in [0.4, 0.5) is 0 Å². The zero-order valence-corrected chi connectivity index (χ0v) is 13.2. The van der Waals surface area contributed by atoms with E-state index in [2.05, 4.69) is 74.5 Å². The number of aliphatic hydroxyl groups is 1. The molecule has 0 radical (unpaired) electrons. The summed E-state index contributed by atoms with van der Waals surface area (Å²) in [6.07, 6.45) is 0.953. The van der Waals surface area contributed by atoms with Crippen molar-refractivity contribution in [2.24, 2.45) is 16.7 Å². The molecule has 1 N–H and O–H groups in total. The van der Waals surface area contributed by atoms with E-state index >= 15 is 0 Å². The van der Waals surface area contributed by atoms with Crippen LogP contribution in [0.25, 0.3) is 0 Å². The van der Waals surface area contributed by atoms with Gasteiger partial charge in [-0.3, -0.25) is 0 Å². The van der Waals surface area contributed by atoms with Crippen molar-refractivity contribution in [3.8, 4) is 0 Å². The fourth-order valence-corrected chi connectivity index (χ4v) is 6.78. The van der Waals surface area contributed by atoms with E-state index in [4.69, 9.17) is 0 Å². The van der Waals surface area contributed by atoms with E-state index in [1.54, 1.807) is 0 Å². The maximum atomic E-state index is 11.1. The van der Waals surface area contributed by atoms with Gasteiger partial charge in [0.15, 0.2) is 0 Å². The molecule has 112 valence electrons. The van der Waals surface area contributed by atoms with Crippen molar-refractivity contribution in [2.75, 3.05) is 0 Å². The lowest BCUT2D eigenvalue weighted by molar-refractivity contribution is 0.0424. The summed E-state index contributed by atoms with van der Waals surface area (Å²) in [5, 5.41) is 11.1. The highest BCUT2D eigenvalue weighted by molar-refractivity contribution is 5.58. The molecule has 22 heavy (non-hydrogen) atoms. The Morgan fingerprint density at radius 1 is 0.909 bits per heavy atom. The lowest BCUT2D eigenvalue weighted by atomic mass is 9.71. The molecular weight excluding hydrogens is 268 g/mol. The number of hydrogen-bond donors (Lipinski definition) is 1. The lowest BCUT2D eigenvalue weighted by Gasteiger charge is -2.32. The van der Waals surface area contributed by atoms with Gasteiger partial charge < -0.3 is 5.11 Å². The summed E-state index contributed by atoms with van der Waals surface area (Å²) in [6, 6.07) is 21.8. The second-order valence-electron chi connectivity index (χ2n) is 8.03. The molecule has 2 aromatic carbocycles. The van der Waals surface area contributed by atoms with E-state index < -0.39 is 0 Å². The standard InChI is InChI=1S/C21H22O/c1-19-13-16-20(2,18(19)22)21(16,15-11-7-4-8-12-15)17(19)14-9-5-3-6-10-14/h3-12,16-18,22H,13H2,1-2H3/t16-,17+,18-,19-,20-,21-/m0/s1. The average molecular weight is 290 g/mol. The molecule has 6 atom stereocenters. The first-order chi connectivity index (χ1) is 10.6. The van der Waals surface area contributed by atoms with Crippen molar-refractivity contribution in [3.63, 3.8) is 0 Å². The minimum absolute atomic E-state index is 0.0105. The molecule has 0 saturated heterocycles. The van der Waals surface area contributed by atoms with Crippen LogP contribution in [-0.2, 0) is 5.41 Å². The molecule has 0 spiro atoms. The quantitative estimate of drug-likeness (QED) is 0.881. The van der Waals surface area contributed by atoms with E-state index in [9.17, 15) is 5.11 Å². The predicted octanol–water partition coefficient (Wildman–Crippen LogP) is 4.13. The smallest absolute Gasteiger partial charge is 0.0665 e. The molecule has 0 amide bonds. The van der Waals surface area contributed by atoms with E-state index in [1.807, 2.05) is 0 Å². The van der Waals surface area contributed by atoms with Gasteiger partial charge in [-0.15, -0.1) is 0 Å². The zero-order chi connectivity index (χ0) is 15.2. The van der Waals surface area contributed by atoms with Gasteiger partial charge in [-0.25, -0.2) is 0 Å². The average Bonchev–Trinajstić information content (AvgIpc) is 2.77. The van der Waals surface area contributed by atoms with Gasteiger partial charge in [-0.1, -0.05) is 74.5 Å². The first-order valence-electron chi connectivity index (χ1n) is 8.36. The monoisotopic (exact) mass is 290 g/mol. The molecule has 0 unspecified atom stereocenters. The fourth-order valence-electron chi connectivity index (χ4n) is 6.78. The van der Waals surface area contributed by atoms with Gasteiger partial charge in [-0.2, -0.15) is 0 Å². The first-order valence-corrected chi connectivity index (χ1v) is 8.36. The van der Waals surface area contributed by atoms with Crippen molar-refractivity contribution in [2.45, 2.75) is 37.7 Å². The van der Waals surface area contributed by atoms with Gasteiger partial charge in [0.1, 0.15) is 0 Å². The van der Waals surface area contributed by atoms with Crippen LogP contribution >= 0.6 is 0 Å². The van der Waals surface area contributed by atoms with Gasteiger partial charge in [-0.05, 0) is 23.5 Å². The van der Waals surface area contributed by atoms with E-state index in [0.29, 0.717) is 11.8 Å². The van der Waals surface area contributed by atoms with Crippen LogP contribution in [0, 0.1) is 16.7 Å². The molecule has 6 rings (SSSR count). The summed E-state index contributed by atoms with van der Waals surface area (Å²) in [7, 11) is 0. The predicted molar refractivity (Wildman–Crippen MR) is 87.6 cm³/mol. The van der Waals surface area contributed by atoms with Gasteiger partial charge in [0.25, 0.3) is 0 Å². The van der Waals surface area contributed by atoms with Crippen LogP contribution in [0.15, 0.2) is 60.7 Å². The second kappa shape index (κ2) is 3.65. The summed E-state index contributed by atoms with van der Waals surface area (Å²) in [5.41, 5.74) is 3.01. The van der Waals surface area contributed by atoms with Crippen molar-refractivity contribution in [1.29, 1.82) is 0 Å². The first kappa shape index (κ1) is 12.9. The van der Waals surface area contributed by atoms with Crippen LogP contribution in [0.1, 0.15) is 37.3 Å². The van der Waals surface area contributed by atoms with E-state index in [-0.39, 0.29) is 22.3 Å². The molecule has 0 aromatic heterocycles. The third-order valence-corrected chi connectivity index (χ3v) is 7.42. The molecule has 2 aromatic rings. The Hall–Kier alpha value is -1.60. The zero-order valence-electron chi connectivity index (χ0n) is 13.2. The highest BCUT2D eigenvalue weighted by atomic mass is 16.3. The maximum absolute atomic E-state index is 11.1. The van der Waals surface area contributed by atoms with Crippen LogP contribution in [0.2, 0.25) is 0 Å². The van der Waals surface area contributed by atoms with Crippen molar-refractivity contribution < 1.29 is 5.11 Å². The number of benzene rings is 2. The Morgan fingerprint density at radius 3 is 2.05 bits per heavy atom. The van der Waals surface area contributed by atoms with Crippen molar-refractivity contribution in [1.82, 2.24) is 0 Å². The molecule has 1 nitrogen and oxygen atoms in total. The third kappa shape index (κ3) is 1.06. The normalized spacial score (nSPS) is 47.7. The number of hydrogen-bond acceptors (Lipinski definition) is 1. The molecule has 0 heterocycles. The van der Waals surface area contributed by atoms with Gasteiger partial charge in [0.2, 0.25) is 0 Å². The van der Waals surface area contributed by atoms with Crippen LogP contribution < -0.4 is 0 Å². The second-order valence-corrected chi connectivity index (χ2v) is 8.03. The molecule has 1 heteroatoms. The molecule has 4 bridgehead atoms. The summed E-state index contributed by atoms with van der Waals surface area (Å²) < 4.78 is 0. The summed E-state index contributed by atoms with van der Waals surface area (Å²) in [5.74, 6) is 1.04. The summed E-state index contributed by atoms with van der Waals surface area (Å²) >= 11 is 0. The maximum Gasteiger partial charge on any atom is 0.0665 e. The topological polar surface area (TPSA) is 20.2 Å². The van der Waals surface area contributed by atoms with E-state index in [0.717, 1.165) is 6.42 Å². The molecule has 4 aliphatic carbocycles. The highest BCUT2D eigenvalue weighted by Gasteiger charge is 2.93. The summed E-state index contributed by atoms with van der Waals surface area (Å²) in [6.45, 7) is 4.63. The Balaban J connectivity index is 1.78. The highest BCUT2D eigenvalue weighted by Crippen LogP contribution is 2.94. The van der Waals surface area contributed by atoms with Crippen molar-refractivity contribution >= 4 is 0 Å². The van der Waals surface area contributed by atoms with Crippen LogP contribution in [0.5, 0.6) is 0 Å². The van der Waals surface area contributed by atoms with Crippen molar-refractivity contribution in [3.05, 3.63) is 71.8 Å². The molecule has 4 saturated carbocycles. The fraction of sp³-hybridized carbons (Fsp3) is 0.429. The molecule has 4 fully saturated rings.